The lowest BCUT2D eigenvalue weighted by atomic mass is 10.3. The maximum absolute atomic E-state index is 13.2. The van der Waals surface area contributed by atoms with E-state index in [0.29, 0.717) is 10.4 Å². The molecule has 1 amide bonds. The number of alkyl halides is 4. The fraction of sp³-hybridized carbons (Fsp3) is 0.312. The van der Waals surface area contributed by atoms with Crippen LogP contribution < -0.4 is 5.32 Å². The third-order valence-electron chi connectivity index (χ3n) is 3.71. The summed E-state index contributed by atoms with van der Waals surface area (Å²) in [5.74, 6) is -0.688. The van der Waals surface area contributed by atoms with Gasteiger partial charge in [0.2, 0.25) is 0 Å². The number of furan rings is 1. The summed E-state index contributed by atoms with van der Waals surface area (Å²) >= 11 is 5.60. The van der Waals surface area contributed by atoms with E-state index in [1.807, 2.05) is 0 Å². The highest BCUT2D eigenvalue weighted by Gasteiger charge is 2.28. The zero-order valence-electron chi connectivity index (χ0n) is 14.8. The van der Waals surface area contributed by atoms with Crippen molar-refractivity contribution in [1.82, 2.24) is 19.6 Å². The third kappa shape index (κ3) is 4.59. The molecule has 156 valence electrons. The normalized spacial score (nSPS) is 11.6. The van der Waals surface area contributed by atoms with E-state index in [2.05, 4.69) is 15.5 Å². The van der Waals surface area contributed by atoms with Crippen molar-refractivity contribution < 1.29 is 31.5 Å². The molecule has 3 heterocycles. The maximum Gasteiger partial charge on any atom is 0.291 e. The minimum absolute atomic E-state index is 0.0483. The molecule has 0 aliphatic carbocycles. The number of rotatable bonds is 8. The molecule has 3 rings (SSSR count). The largest absolute Gasteiger partial charge is 0.454 e. The molecule has 0 aliphatic rings. The SMILES string of the molecule is COCn1cc(NC(=O)c2ccc(Cn3nc(C(F)F)c(Cl)c3C(F)F)o2)cn1. The standard InChI is InChI=1S/C16H14ClF4N5O3/c1-28-7-25-5-8(4-22-25)23-16(27)10-3-2-9(29-10)6-26-13(15(20)21)11(17)12(24-26)14(18)19/h2-5,14-15H,6-7H2,1H3,(H,23,27). The van der Waals surface area contributed by atoms with Crippen LogP contribution in [-0.4, -0.2) is 32.6 Å². The fourth-order valence-electron chi connectivity index (χ4n) is 2.50. The average molecular weight is 436 g/mol. The van der Waals surface area contributed by atoms with Crippen LogP contribution >= 0.6 is 11.6 Å². The Balaban J connectivity index is 1.74. The van der Waals surface area contributed by atoms with Crippen LogP contribution in [0.25, 0.3) is 0 Å². The van der Waals surface area contributed by atoms with Crippen LogP contribution in [0, 0.1) is 0 Å². The van der Waals surface area contributed by atoms with E-state index in [4.69, 9.17) is 20.8 Å². The van der Waals surface area contributed by atoms with Crippen LogP contribution in [0.2, 0.25) is 5.02 Å². The Bertz CT molecular complexity index is 1000. The number of aromatic nitrogens is 4. The quantitative estimate of drug-likeness (QED) is 0.538. The van der Waals surface area contributed by atoms with Crippen molar-refractivity contribution in [2.45, 2.75) is 26.1 Å². The summed E-state index contributed by atoms with van der Waals surface area (Å²) in [5.41, 5.74) is -1.42. The van der Waals surface area contributed by atoms with Gasteiger partial charge in [-0.25, -0.2) is 22.2 Å². The number of carbonyl (C=O) groups is 1. The molecule has 0 atom stereocenters. The Hall–Kier alpha value is -2.86. The Morgan fingerprint density at radius 1 is 1.31 bits per heavy atom. The summed E-state index contributed by atoms with van der Waals surface area (Å²) in [6, 6.07) is 2.65. The van der Waals surface area contributed by atoms with Gasteiger partial charge in [0.25, 0.3) is 18.8 Å². The lowest BCUT2D eigenvalue weighted by Crippen LogP contribution is -2.10. The summed E-state index contributed by atoms with van der Waals surface area (Å²) in [6.07, 6.45) is -3.31. The van der Waals surface area contributed by atoms with Gasteiger partial charge in [0, 0.05) is 7.11 Å². The molecule has 29 heavy (non-hydrogen) atoms. The molecular weight excluding hydrogens is 422 g/mol. The van der Waals surface area contributed by atoms with Gasteiger partial charge in [-0.05, 0) is 12.1 Å². The van der Waals surface area contributed by atoms with Crippen LogP contribution in [0.15, 0.2) is 28.9 Å². The van der Waals surface area contributed by atoms with E-state index in [1.54, 1.807) is 0 Å². The number of hydrogen-bond acceptors (Lipinski definition) is 5. The van der Waals surface area contributed by atoms with Gasteiger partial charge in [-0.3, -0.25) is 9.48 Å². The first kappa shape index (κ1) is 20.9. The van der Waals surface area contributed by atoms with Crippen LogP contribution in [0.5, 0.6) is 0 Å². The lowest BCUT2D eigenvalue weighted by molar-refractivity contribution is 0.0993. The number of amides is 1. The molecule has 13 heteroatoms. The number of halogens is 5. The molecule has 3 aromatic heterocycles. The van der Waals surface area contributed by atoms with E-state index < -0.39 is 41.7 Å². The number of nitrogens with zero attached hydrogens (tertiary/aromatic N) is 4. The summed E-state index contributed by atoms with van der Waals surface area (Å²) < 4.78 is 64.5. The molecule has 0 aliphatic heterocycles. The molecule has 0 aromatic carbocycles. The first-order chi connectivity index (χ1) is 13.8. The predicted octanol–water partition coefficient (Wildman–Crippen LogP) is 4.11. The van der Waals surface area contributed by atoms with Crippen LogP contribution in [-0.2, 0) is 18.0 Å². The van der Waals surface area contributed by atoms with Gasteiger partial charge < -0.3 is 14.5 Å². The third-order valence-corrected chi connectivity index (χ3v) is 4.10. The molecule has 0 bridgehead atoms. The first-order valence-corrected chi connectivity index (χ1v) is 8.41. The van der Waals surface area contributed by atoms with Gasteiger partial charge in [0.05, 0.1) is 29.6 Å². The highest BCUT2D eigenvalue weighted by molar-refractivity contribution is 6.32. The topological polar surface area (TPSA) is 87.1 Å². The van der Waals surface area contributed by atoms with E-state index in [1.165, 1.54) is 36.3 Å². The summed E-state index contributed by atoms with van der Waals surface area (Å²) in [4.78, 5) is 12.2. The lowest BCUT2D eigenvalue weighted by Gasteiger charge is -2.05. The van der Waals surface area contributed by atoms with Crippen molar-refractivity contribution in [2.24, 2.45) is 0 Å². The van der Waals surface area contributed by atoms with E-state index in [-0.39, 0.29) is 18.3 Å². The molecule has 0 saturated heterocycles. The monoisotopic (exact) mass is 435 g/mol. The van der Waals surface area contributed by atoms with Crippen LogP contribution in [0.4, 0.5) is 23.2 Å². The second kappa shape index (κ2) is 8.66. The summed E-state index contributed by atoms with van der Waals surface area (Å²) in [6.45, 7) is -0.217. The number of methoxy groups -OCH3 is 1. The molecule has 3 aromatic rings. The molecule has 1 N–H and O–H groups in total. The molecule has 0 saturated carbocycles. The number of ether oxygens (including phenoxy) is 1. The number of nitrogens with one attached hydrogen (secondary N) is 1. The zero-order chi connectivity index (χ0) is 21.1. The first-order valence-electron chi connectivity index (χ1n) is 8.04. The van der Waals surface area contributed by atoms with Crippen molar-refractivity contribution in [2.75, 3.05) is 12.4 Å². The van der Waals surface area contributed by atoms with Gasteiger partial charge >= 0.3 is 0 Å². The van der Waals surface area contributed by atoms with Crippen molar-refractivity contribution in [3.63, 3.8) is 0 Å². The van der Waals surface area contributed by atoms with Crippen molar-refractivity contribution in [3.05, 3.63) is 52.5 Å². The van der Waals surface area contributed by atoms with Crippen LogP contribution in [0.3, 0.4) is 0 Å². The molecule has 0 fully saturated rings. The molecular formula is C16H14ClF4N5O3. The highest BCUT2D eigenvalue weighted by Crippen LogP contribution is 2.35. The number of anilines is 1. The van der Waals surface area contributed by atoms with Crippen molar-refractivity contribution in [1.29, 1.82) is 0 Å². The maximum atomic E-state index is 13.2. The Morgan fingerprint density at radius 2 is 2.07 bits per heavy atom. The fourth-order valence-corrected chi connectivity index (χ4v) is 2.80. The van der Waals surface area contributed by atoms with Crippen molar-refractivity contribution >= 4 is 23.2 Å². The zero-order valence-corrected chi connectivity index (χ0v) is 15.5. The minimum Gasteiger partial charge on any atom is -0.454 e. The minimum atomic E-state index is -3.12. The second-order valence-corrected chi connectivity index (χ2v) is 6.13. The molecule has 0 radical (unpaired) electrons. The van der Waals surface area contributed by atoms with E-state index in [9.17, 15) is 22.4 Å². The van der Waals surface area contributed by atoms with Gasteiger partial charge in [0.15, 0.2) is 5.76 Å². The smallest absolute Gasteiger partial charge is 0.291 e. The Morgan fingerprint density at radius 3 is 2.72 bits per heavy atom. The van der Waals surface area contributed by atoms with Crippen LogP contribution in [0.1, 0.15) is 40.6 Å². The molecule has 8 nitrogen and oxygen atoms in total. The number of carbonyl (C=O) groups excluding carboxylic acids is 1. The summed E-state index contributed by atoms with van der Waals surface area (Å²) in [5, 5.41) is 9.13. The average Bonchev–Trinajstić information content (AvgIpc) is 3.35. The summed E-state index contributed by atoms with van der Waals surface area (Å²) in [7, 11) is 1.49. The van der Waals surface area contributed by atoms with Gasteiger partial charge in [-0.15, -0.1) is 0 Å². The molecule has 0 unspecified atom stereocenters. The highest BCUT2D eigenvalue weighted by atomic mass is 35.5. The van der Waals surface area contributed by atoms with Crippen molar-refractivity contribution in [3.8, 4) is 0 Å². The molecule has 0 spiro atoms. The Kier molecular flexibility index (Phi) is 6.23. The predicted molar refractivity (Wildman–Crippen MR) is 92.2 cm³/mol. The van der Waals surface area contributed by atoms with E-state index in [0.717, 1.165) is 0 Å². The van der Waals surface area contributed by atoms with Gasteiger partial charge in [-0.2, -0.15) is 10.2 Å². The second-order valence-electron chi connectivity index (χ2n) is 5.75. The Labute approximate surface area is 166 Å². The van der Waals surface area contributed by atoms with Gasteiger partial charge in [-0.1, -0.05) is 11.6 Å². The van der Waals surface area contributed by atoms with Gasteiger partial charge in [0.1, 0.15) is 23.9 Å². The van der Waals surface area contributed by atoms with E-state index >= 15 is 0 Å². The number of hydrogen-bond donors (Lipinski definition) is 1.